The Morgan fingerprint density at radius 1 is 1.00 bits per heavy atom. The van der Waals surface area contributed by atoms with Crippen LogP contribution in [0.1, 0.15) is 27.6 Å². The van der Waals surface area contributed by atoms with Crippen molar-refractivity contribution < 1.29 is 14.5 Å². The van der Waals surface area contributed by atoms with Gasteiger partial charge in [0.25, 0.3) is 17.5 Å². The Morgan fingerprint density at radius 2 is 1.52 bits per heavy atom. The minimum Gasteiger partial charge on any atom is -0.269 e. The Kier molecular flexibility index (Phi) is 3.87. The fourth-order valence-corrected chi connectivity index (χ4v) is 3.42. The molecule has 0 saturated heterocycles. The molecule has 2 amide bonds. The molecule has 7 heteroatoms. The smallest absolute Gasteiger partial charge is 0.269 e. The Morgan fingerprint density at radius 3 is 2.00 bits per heavy atom. The number of hydrogen-bond acceptors (Lipinski definition) is 5. The molecule has 2 aromatic carbocycles. The molecule has 3 rings (SSSR count). The molecule has 0 saturated carbocycles. The molecule has 116 valence electrons. The summed E-state index contributed by atoms with van der Waals surface area (Å²) in [6.45, 7) is 1.76. The van der Waals surface area contributed by atoms with Crippen molar-refractivity contribution in [2.45, 2.75) is 17.2 Å². The number of imide groups is 1. The largest absolute Gasteiger partial charge is 0.269 e. The summed E-state index contributed by atoms with van der Waals surface area (Å²) in [5, 5.41) is 10.2. The van der Waals surface area contributed by atoms with E-state index in [1.165, 1.54) is 28.8 Å². The standard InChI is InChI=1S/C16H12N2O4S/c1-10(23-12-8-6-11(7-9-12)18(21)22)17-15(19)13-4-2-3-5-14(13)16(17)20/h2-10H,1H3. The molecule has 0 fully saturated rings. The molecule has 1 unspecified atom stereocenters. The van der Waals surface area contributed by atoms with Crippen molar-refractivity contribution in [3.05, 3.63) is 69.8 Å². The highest BCUT2D eigenvalue weighted by Gasteiger charge is 2.38. The molecule has 1 aliphatic rings. The highest BCUT2D eigenvalue weighted by molar-refractivity contribution is 7.99. The molecular weight excluding hydrogens is 316 g/mol. The summed E-state index contributed by atoms with van der Waals surface area (Å²) in [6, 6.07) is 12.7. The quantitative estimate of drug-likeness (QED) is 0.372. The van der Waals surface area contributed by atoms with E-state index in [0.29, 0.717) is 11.1 Å². The van der Waals surface area contributed by atoms with Gasteiger partial charge < -0.3 is 0 Å². The number of carbonyl (C=O) groups is 2. The van der Waals surface area contributed by atoms with E-state index < -0.39 is 10.3 Å². The van der Waals surface area contributed by atoms with Crippen LogP contribution in [0.4, 0.5) is 5.69 Å². The Hall–Kier alpha value is -2.67. The topological polar surface area (TPSA) is 80.5 Å². The number of non-ortho nitro benzene ring substituents is 1. The van der Waals surface area contributed by atoms with Gasteiger partial charge >= 0.3 is 0 Å². The second-order valence-electron chi connectivity index (χ2n) is 4.99. The van der Waals surface area contributed by atoms with Crippen LogP contribution in [-0.4, -0.2) is 27.0 Å². The number of amides is 2. The van der Waals surface area contributed by atoms with Crippen LogP contribution in [0.25, 0.3) is 0 Å². The van der Waals surface area contributed by atoms with Crippen LogP contribution in [-0.2, 0) is 0 Å². The molecule has 1 atom stereocenters. The molecule has 6 nitrogen and oxygen atoms in total. The summed E-state index contributed by atoms with van der Waals surface area (Å²) in [4.78, 5) is 36.9. The predicted octanol–water partition coefficient (Wildman–Crippen LogP) is 3.33. The lowest BCUT2D eigenvalue weighted by Gasteiger charge is -2.21. The summed E-state index contributed by atoms with van der Waals surface area (Å²) < 4.78 is 0. The highest BCUT2D eigenvalue weighted by atomic mass is 32.2. The van der Waals surface area contributed by atoms with Gasteiger partial charge in [-0.1, -0.05) is 12.1 Å². The Balaban J connectivity index is 1.79. The van der Waals surface area contributed by atoms with Crippen LogP contribution in [0.3, 0.4) is 0 Å². The zero-order valence-electron chi connectivity index (χ0n) is 12.1. The molecular formula is C16H12N2O4S. The average Bonchev–Trinajstić information content (AvgIpc) is 2.80. The van der Waals surface area contributed by atoms with Gasteiger partial charge in [-0.2, -0.15) is 0 Å². The number of thioether (sulfide) groups is 1. The van der Waals surface area contributed by atoms with Gasteiger partial charge in [0.1, 0.15) is 0 Å². The maximum Gasteiger partial charge on any atom is 0.269 e. The number of nitrogens with zero attached hydrogens (tertiary/aromatic N) is 2. The third-order valence-corrected chi connectivity index (χ3v) is 4.64. The second kappa shape index (κ2) is 5.85. The van der Waals surface area contributed by atoms with Crippen LogP contribution in [0, 0.1) is 10.1 Å². The SMILES string of the molecule is CC(Sc1ccc([N+](=O)[O-])cc1)N1C(=O)c2ccccc2C1=O. The monoisotopic (exact) mass is 328 g/mol. The zero-order chi connectivity index (χ0) is 16.6. The summed E-state index contributed by atoms with van der Waals surface area (Å²) in [5.74, 6) is -0.625. The van der Waals surface area contributed by atoms with Crippen molar-refractivity contribution in [1.82, 2.24) is 4.90 Å². The number of hydrogen-bond donors (Lipinski definition) is 0. The summed E-state index contributed by atoms with van der Waals surface area (Å²) in [5.41, 5.74) is 0.824. The van der Waals surface area contributed by atoms with Gasteiger partial charge in [-0.15, -0.1) is 11.8 Å². The van der Waals surface area contributed by atoms with Gasteiger partial charge in [0.05, 0.1) is 21.4 Å². The lowest BCUT2D eigenvalue weighted by atomic mass is 10.1. The van der Waals surface area contributed by atoms with Gasteiger partial charge in [-0.3, -0.25) is 24.6 Å². The lowest BCUT2D eigenvalue weighted by molar-refractivity contribution is -0.384. The number of fused-ring (bicyclic) bond motifs is 1. The van der Waals surface area contributed by atoms with Crippen molar-refractivity contribution in [3.8, 4) is 0 Å². The third kappa shape index (κ3) is 2.70. The second-order valence-corrected chi connectivity index (χ2v) is 6.38. The molecule has 0 spiro atoms. The highest BCUT2D eigenvalue weighted by Crippen LogP contribution is 2.32. The number of nitro benzene ring substituents is 1. The molecule has 2 aromatic rings. The molecule has 0 bridgehead atoms. The Bertz CT molecular complexity index is 769. The first-order chi connectivity index (χ1) is 11.0. The normalized spacial score (nSPS) is 14.7. The van der Waals surface area contributed by atoms with E-state index in [2.05, 4.69) is 0 Å². The van der Waals surface area contributed by atoms with Crippen molar-refractivity contribution in [2.75, 3.05) is 0 Å². The number of carbonyl (C=O) groups excluding carboxylic acids is 2. The van der Waals surface area contributed by atoms with E-state index in [9.17, 15) is 19.7 Å². The first-order valence-electron chi connectivity index (χ1n) is 6.87. The third-order valence-electron chi connectivity index (χ3n) is 3.54. The maximum atomic E-state index is 12.4. The van der Waals surface area contributed by atoms with Gasteiger partial charge in [0, 0.05) is 17.0 Å². The molecule has 1 aliphatic heterocycles. The molecule has 0 N–H and O–H groups in total. The summed E-state index contributed by atoms with van der Waals surface area (Å²) in [7, 11) is 0. The van der Waals surface area contributed by atoms with Gasteiger partial charge in [-0.05, 0) is 31.2 Å². The van der Waals surface area contributed by atoms with E-state index in [0.717, 1.165) is 4.90 Å². The van der Waals surface area contributed by atoms with Gasteiger partial charge in [-0.25, -0.2) is 0 Å². The first kappa shape index (κ1) is 15.2. The number of nitro groups is 1. The fourth-order valence-electron chi connectivity index (χ4n) is 2.43. The van der Waals surface area contributed by atoms with Crippen molar-refractivity contribution in [1.29, 1.82) is 0 Å². The van der Waals surface area contributed by atoms with Crippen LogP contribution in [0.15, 0.2) is 53.4 Å². The van der Waals surface area contributed by atoms with Crippen molar-refractivity contribution >= 4 is 29.3 Å². The van der Waals surface area contributed by atoms with Crippen molar-refractivity contribution in [2.24, 2.45) is 0 Å². The fraction of sp³-hybridized carbons (Fsp3) is 0.125. The van der Waals surface area contributed by atoms with E-state index in [4.69, 9.17) is 0 Å². The lowest BCUT2D eigenvalue weighted by Crippen LogP contribution is -2.35. The van der Waals surface area contributed by atoms with Crippen LogP contribution >= 0.6 is 11.8 Å². The molecule has 0 radical (unpaired) electrons. The van der Waals surface area contributed by atoms with Crippen molar-refractivity contribution in [3.63, 3.8) is 0 Å². The number of rotatable bonds is 4. The van der Waals surface area contributed by atoms with Crippen LogP contribution in [0.5, 0.6) is 0 Å². The van der Waals surface area contributed by atoms with E-state index >= 15 is 0 Å². The summed E-state index contributed by atoms with van der Waals surface area (Å²) >= 11 is 1.30. The summed E-state index contributed by atoms with van der Waals surface area (Å²) in [6.07, 6.45) is 0. The molecule has 23 heavy (non-hydrogen) atoms. The molecule has 1 heterocycles. The van der Waals surface area contributed by atoms with Gasteiger partial charge in [0.2, 0.25) is 0 Å². The van der Waals surface area contributed by atoms with Crippen LogP contribution < -0.4 is 0 Å². The van der Waals surface area contributed by atoms with E-state index in [1.54, 1.807) is 43.3 Å². The zero-order valence-corrected chi connectivity index (χ0v) is 12.9. The molecule has 0 aliphatic carbocycles. The minimum atomic E-state index is -0.470. The minimum absolute atomic E-state index is 0.00253. The van der Waals surface area contributed by atoms with Gasteiger partial charge in [0.15, 0.2) is 0 Å². The Labute approximate surface area is 136 Å². The average molecular weight is 328 g/mol. The predicted molar refractivity (Wildman–Crippen MR) is 85.4 cm³/mol. The number of benzene rings is 2. The van der Waals surface area contributed by atoms with E-state index in [-0.39, 0.29) is 17.5 Å². The maximum absolute atomic E-state index is 12.4. The van der Waals surface area contributed by atoms with Crippen LogP contribution in [0.2, 0.25) is 0 Å². The first-order valence-corrected chi connectivity index (χ1v) is 7.75. The molecule has 0 aromatic heterocycles. The van der Waals surface area contributed by atoms with E-state index in [1.807, 2.05) is 0 Å².